The van der Waals surface area contributed by atoms with Crippen LogP contribution in [0.2, 0.25) is 0 Å². The Morgan fingerprint density at radius 1 is 1.32 bits per heavy atom. The smallest absolute Gasteiger partial charge is 0.254 e. The lowest BCUT2D eigenvalue weighted by Crippen LogP contribution is -2.46. The first-order chi connectivity index (χ1) is 8.99. The largest absolute Gasteiger partial charge is 0.391 e. The maximum Gasteiger partial charge on any atom is 0.254 e. The van der Waals surface area contributed by atoms with Crippen LogP contribution in [0.25, 0.3) is 0 Å². The van der Waals surface area contributed by atoms with Crippen LogP contribution in [0.1, 0.15) is 41.6 Å². The lowest BCUT2D eigenvalue weighted by atomic mass is 9.91. The second-order valence-electron chi connectivity index (χ2n) is 5.35. The average molecular weight is 265 g/mol. The molecule has 19 heavy (non-hydrogen) atoms. The molecule has 2 rings (SSSR count). The zero-order chi connectivity index (χ0) is 14.0. The number of nitrogens with zero attached hydrogens (tertiary/aromatic N) is 1. The van der Waals surface area contributed by atoms with Crippen LogP contribution in [0.15, 0.2) is 18.2 Å². The Balaban J connectivity index is 2.18. The van der Waals surface area contributed by atoms with E-state index >= 15 is 0 Å². The van der Waals surface area contributed by atoms with Gasteiger partial charge in [0.15, 0.2) is 0 Å². The summed E-state index contributed by atoms with van der Waals surface area (Å²) in [6.45, 7) is 1.76. The normalized spacial score (nSPS) is 23.2. The van der Waals surface area contributed by atoms with Crippen LogP contribution in [0.4, 0.5) is 4.39 Å². The number of halogens is 1. The summed E-state index contributed by atoms with van der Waals surface area (Å²) in [5, 5.41) is 9.98. The first kappa shape index (κ1) is 14.0. The summed E-state index contributed by atoms with van der Waals surface area (Å²) >= 11 is 0. The second kappa shape index (κ2) is 5.70. The maximum atomic E-state index is 13.4. The third-order valence-corrected chi connectivity index (χ3v) is 3.80. The Morgan fingerprint density at radius 2 is 2.00 bits per heavy atom. The van der Waals surface area contributed by atoms with Gasteiger partial charge in [-0.25, -0.2) is 4.39 Å². The molecule has 2 atom stereocenters. The molecular weight excluding hydrogens is 245 g/mol. The van der Waals surface area contributed by atoms with Gasteiger partial charge in [0.25, 0.3) is 5.91 Å². The molecule has 0 spiro atoms. The number of aryl methyl sites for hydroxylation is 1. The molecule has 1 N–H and O–H groups in total. The predicted octanol–water partition coefficient (Wildman–Crippen LogP) is 2.51. The number of amides is 1. The molecule has 0 aliphatic heterocycles. The minimum atomic E-state index is -0.475. The van der Waals surface area contributed by atoms with E-state index in [1.165, 1.54) is 12.1 Å². The van der Waals surface area contributed by atoms with Crippen molar-refractivity contribution in [1.82, 2.24) is 4.90 Å². The van der Waals surface area contributed by atoms with Gasteiger partial charge >= 0.3 is 0 Å². The van der Waals surface area contributed by atoms with Crippen LogP contribution in [-0.4, -0.2) is 35.1 Å². The quantitative estimate of drug-likeness (QED) is 0.892. The summed E-state index contributed by atoms with van der Waals surface area (Å²) < 4.78 is 13.4. The number of benzene rings is 1. The third-order valence-electron chi connectivity index (χ3n) is 3.80. The summed E-state index contributed by atoms with van der Waals surface area (Å²) in [6, 6.07) is 4.16. The second-order valence-corrected chi connectivity index (χ2v) is 5.35. The van der Waals surface area contributed by atoms with Crippen molar-refractivity contribution < 1.29 is 14.3 Å². The van der Waals surface area contributed by atoms with Crippen molar-refractivity contribution in [3.63, 3.8) is 0 Å². The van der Waals surface area contributed by atoms with Gasteiger partial charge in [-0.15, -0.1) is 0 Å². The van der Waals surface area contributed by atoms with E-state index < -0.39 is 11.9 Å². The number of aliphatic hydroxyl groups excluding tert-OH is 1. The van der Waals surface area contributed by atoms with E-state index in [4.69, 9.17) is 0 Å². The van der Waals surface area contributed by atoms with Gasteiger partial charge < -0.3 is 10.0 Å². The van der Waals surface area contributed by atoms with Gasteiger partial charge in [0.05, 0.1) is 12.1 Å². The molecule has 0 heterocycles. The molecule has 1 fully saturated rings. The van der Waals surface area contributed by atoms with Crippen molar-refractivity contribution in [2.24, 2.45) is 0 Å². The minimum Gasteiger partial charge on any atom is -0.391 e. The number of rotatable bonds is 2. The van der Waals surface area contributed by atoms with Crippen molar-refractivity contribution in [2.45, 2.75) is 44.8 Å². The van der Waals surface area contributed by atoms with Crippen molar-refractivity contribution in [2.75, 3.05) is 7.05 Å². The standard InChI is InChI=1S/C15H20FNO2/c1-10-7-11(9-12(16)8-10)15(19)17(2)13-5-3-4-6-14(13)18/h7-9,13-14,18H,3-6H2,1-2H3. The Bertz CT molecular complexity index is 455. The average Bonchev–Trinajstić information content (AvgIpc) is 2.36. The minimum absolute atomic E-state index is 0.162. The Kier molecular flexibility index (Phi) is 4.20. The van der Waals surface area contributed by atoms with Gasteiger partial charge in [-0.05, 0) is 43.5 Å². The van der Waals surface area contributed by atoms with Gasteiger partial charge in [-0.2, -0.15) is 0 Å². The Morgan fingerprint density at radius 3 is 2.63 bits per heavy atom. The summed E-state index contributed by atoms with van der Waals surface area (Å²) in [4.78, 5) is 13.9. The van der Waals surface area contributed by atoms with Crippen LogP contribution in [0.5, 0.6) is 0 Å². The molecule has 2 unspecified atom stereocenters. The summed E-state index contributed by atoms with van der Waals surface area (Å²) in [5.74, 6) is -0.630. The van der Waals surface area contributed by atoms with E-state index in [0.717, 1.165) is 31.2 Å². The van der Waals surface area contributed by atoms with Crippen molar-refractivity contribution in [1.29, 1.82) is 0 Å². The topological polar surface area (TPSA) is 40.5 Å². The Labute approximate surface area is 113 Å². The molecule has 1 aromatic carbocycles. The molecule has 1 aromatic rings. The summed E-state index contributed by atoms with van der Waals surface area (Å²) in [7, 11) is 1.68. The first-order valence-electron chi connectivity index (χ1n) is 6.71. The van der Waals surface area contributed by atoms with E-state index in [-0.39, 0.29) is 11.9 Å². The molecule has 1 aliphatic rings. The number of carbonyl (C=O) groups excluding carboxylic acids is 1. The Hall–Kier alpha value is -1.42. The molecule has 0 saturated heterocycles. The SMILES string of the molecule is Cc1cc(F)cc(C(=O)N(C)C2CCCCC2O)c1. The summed E-state index contributed by atoms with van der Waals surface area (Å²) in [5.41, 5.74) is 1.07. The zero-order valence-corrected chi connectivity index (χ0v) is 11.4. The molecule has 3 nitrogen and oxygen atoms in total. The highest BCUT2D eigenvalue weighted by atomic mass is 19.1. The molecule has 0 radical (unpaired) electrons. The number of likely N-dealkylation sites (N-methyl/N-ethyl adjacent to an activating group) is 1. The fourth-order valence-electron chi connectivity index (χ4n) is 2.76. The predicted molar refractivity (Wildman–Crippen MR) is 71.5 cm³/mol. The third kappa shape index (κ3) is 3.13. The fraction of sp³-hybridized carbons (Fsp3) is 0.533. The number of hydrogen-bond acceptors (Lipinski definition) is 2. The van der Waals surface area contributed by atoms with E-state index in [1.807, 2.05) is 0 Å². The van der Waals surface area contributed by atoms with Gasteiger partial charge in [-0.3, -0.25) is 4.79 Å². The number of carbonyl (C=O) groups is 1. The van der Waals surface area contributed by atoms with E-state index in [9.17, 15) is 14.3 Å². The molecule has 104 valence electrons. The molecule has 0 bridgehead atoms. The van der Waals surface area contributed by atoms with Crippen LogP contribution in [0.3, 0.4) is 0 Å². The van der Waals surface area contributed by atoms with E-state index in [0.29, 0.717) is 5.56 Å². The first-order valence-corrected chi connectivity index (χ1v) is 6.71. The molecule has 0 aromatic heterocycles. The molecule has 1 amide bonds. The zero-order valence-electron chi connectivity index (χ0n) is 11.4. The fourth-order valence-corrected chi connectivity index (χ4v) is 2.76. The van der Waals surface area contributed by atoms with E-state index in [1.54, 1.807) is 24.9 Å². The van der Waals surface area contributed by atoms with Crippen molar-refractivity contribution in [3.05, 3.63) is 35.1 Å². The highest BCUT2D eigenvalue weighted by Crippen LogP contribution is 2.24. The maximum absolute atomic E-state index is 13.4. The molecule has 1 aliphatic carbocycles. The molecule has 4 heteroatoms. The lowest BCUT2D eigenvalue weighted by molar-refractivity contribution is 0.0267. The van der Waals surface area contributed by atoms with Crippen molar-refractivity contribution in [3.8, 4) is 0 Å². The number of hydrogen-bond donors (Lipinski definition) is 1. The van der Waals surface area contributed by atoms with Crippen LogP contribution < -0.4 is 0 Å². The highest BCUT2D eigenvalue weighted by Gasteiger charge is 2.29. The van der Waals surface area contributed by atoms with Crippen LogP contribution >= 0.6 is 0 Å². The van der Waals surface area contributed by atoms with Crippen LogP contribution in [0, 0.1) is 12.7 Å². The summed E-state index contributed by atoms with van der Waals surface area (Å²) in [6.07, 6.45) is 3.07. The monoisotopic (exact) mass is 265 g/mol. The molecule has 1 saturated carbocycles. The molecular formula is C15H20FNO2. The van der Waals surface area contributed by atoms with Crippen LogP contribution in [-0.2, 0) is 0 Å². The van der Waals surface area contributed by atoms with Gasteiger partial charge in [0, 0.05) is 12.6 Å². The van der Waals surface area contributed by atoms with Gasteiger partial charge in [-0.1, -0.05) is 12.8 Å². The number of aliphatic hydroxyl groups is 1. The van der Waals surface area contributed by atoms with E-state index in [2.05, 4.69) is 0 Å². The highest BCUT2D eigenvalue weighted by molar-refractivity contribution is 5.94. The van der Waals surface area contributed by atoms with Gasteiger partial charge in [0.1, 0.15) is 5.82 Å². The van der Waals surface area contributed by atoms with Gasteiger partial charge in [0.2, 0.25) is 0 Å². The lowest BCUT2D eigenvalue weighted by Gasteiger charge is -2.35. The van der Waals surface area contributed by atoms with Crippen molar-refractivity contribution >= 4 is 5.91 Å².